The Balaban J connectivity index is 1.65. The van der Waals surface area contributed by atoms with Gasteiger partial charge in [0.1, 0.15) is 0 Å². The predicted molar refractivity (Wildman–Crippen MR) is 72.8 cm³/mol. The largest absolute Gasteiger partial charge is 0.0802 e. The Bertz CT molecular complexity index is 496. The van der Waals surface area contributed by atoms with E-state index in [-0.39, 0.29) is 0 Å². The highest BCUT2D eigenvalue weighted by molar-refractivity contribution is 5.50. The van der Waals surface area contributed by atoms with Gasteiger partial charge < -0.3 is 0 Å². The molecule has 2 unspecified atom stereocenters. The summed E-state index contributed by atoms with van der Waals surface area (Å²) in [5.74, 6) is 1.48. The molecule has 1 saturated carbocycles. The van der Waals surface area contributed by atoms with Crippen molar-refractivity contribution in [3.8, 4) is 0 Å². The van der Waals surface area contributed by atoms with Crippen molar-refractivity contribution in [3.63, 3.8) is 0 Å². The molecule has 1 fully saturated rings. The topological polar surface area (TPSA) is 0 Å². The SMILES string of the molecule is C(=C\C1CC1c1ccccc1)/c1ccccc1. The fourth-order valence-corrected chi connectivity index (χ4v) is 2.31. The van der Waals surface area contributed by atoms with E-state index in [0.29, 0.717) is 0 Å². The van der Waals surface area contributed by atoms with Crippen molar-refractivity contribution in [1.82, 2.24) is 0 Å². The average molecular weight is 220 g/mol. The Hall–Kier alpha value is -1.82. The molecule has 0 N–H and O–H groups in total. The van der Waals surface area contributed by atoms with Gasteiger partial charge in [-0.25, -0.2) is 0 Å². The summed E-state index contributed by atoms with van der Waals surface area (Å²) in [4.78, 5) is 0. The van der Waals surface area contributed by atoms with Crippen LogP contribution in [0.2, 0.25) is 0 Å². The molecule has 0 bridgehead atoms. The van der Waals surface area contributed by atoms with Gasteiger partial charge in [0.25, 0.3) is 0 Å². The van der Waals surface area contributed by atoms with Gasteiger partial charge in [0.2, 0.25) is 0 Å². The Kier molecular flexibility index (Phi) is 2.79. The van der Waals surface area contributed by atoms with Crippen molar-refractivity contribution >= 4 is 6.08 Å². The zero-order valence-corrected chi connectivity index (χ0v) is 9.79. The molecule has 0 heteroatoms. The molecule has 1 aliphatic rings. The van der Waals surface area contributed by atoms with Crippen LogP contribution < -0.4 is 0 Å². The molecule has 0 radical (unpaired) electrons. The Morgan fingerprint density at radius 1 is 0.824 bits per heavy atom. The summed E-state index contributed by atoms with van der Waals surface area (Å²) in [6, 6.07) is 21.3. The van der Waals surface area contributed by atoms with Gasteiger partial charge in [0.15, 0.2) is 0 Å². The molecule has 2 aromatic carbocycles. The third-order valence-electron chi connectivity index (χ3n) is 3.40. The monoisotopic (exact) mass is 220 g/mol. The fraction of sp³-hybridized carbons (Fsp3) is 0.176. The van der Waals surface area contributed by atoms with Gasteiger partial charge in [-0.2, -0.15) is 0 Å². The van der Waals surface area contributed by atoms with E-state index in [0.717, 1.165) is 11.8 Å². The first-order chi connectivity index (χ1) is 8.43. The lowest BCUT2D eigenvalue weighted by Gasteiger charge is -1.96. The molecular weight excluding hydrogens is 204 g/mol. The maximum Gasteiger partial charge on any atom is -0.00929 e. The van der Waals surface area contributed by atoms with Crippen LogP contribution in [-0.2, 0) is 0 Å². The summed E-state index contributed by atoms with van der Waals surface area (Å²) >= 11 is 0. The summed E-state index contributed by atoms with van der Waals surface area (Å²) in [6.45, 7) is 0. The third kappa shape index (κ3) is 2.47. The maximum atomic E-state index is 2.35. The average Bonchev–Trinajstić information content (AvgIpc) is 3.18. The van der Waals surface area contributed by atoms with Crippen molar-refractivity contribution in [1.29, 1.82) is 0 Å². The van der Waals surface area contributed by atoms with Gasteiger partial charge in [-0.15, -0.1) is 0 Å². The lowest BCUT2D eigenvalue weighted by molar-refractivity contribution is 1.02. The van der Waals surface area contributed by atoms with Gasteiger partial charge in [0, 0.05) is 0 Å². The predicted octanol–water partition coefficient (Wildman–Crippen LogP) is 4.50. The van der Waals surface area contributed by atoms with Crippen LogP contribution in [0.4, 0.5) is 0 Å². The van der Waals surface area contributed by atoms with E-state index < -0.39 is 0 Å². The summed E-state index contributed by atoms with van der Waals surface area (Å²) < 4.78 is 0. The van der Waals surface area contributed by atoms with E-state index in [2.05, 4.69) is 72.8 Å². The molecular formula is C17H16. The molecule has 0 spiro atoms. The summed E-state index contributed by atoms with van der Waals surface area (Å²) in [5.41, 5.74) is 2.78. The minimum absolute atomic E-state index is 0.734. The minimum Gasteiger partial charge on any atom is -0.0802 e. The molecule has 2 atom stereocenters. The molecule has 3 rings (SSSR count). The van der Waals surface area contributed by atoms with Crippen LogP contribution in [0, 0.1) is 5.92 Å². The summed E-state index contributed by atoms with van der Waals surface area (Å²) in [5, 5.41) is 0. The third-order valence-corrected chi connectivity index (χ3v) is 3.40. The van der Waals surface area contributed by atoms with Crippen LogP contribution in [0.15, 0.2) is 66.7 Å². The van der Waals surface area contributed by atoms with Crippen molar-refractivity contribution in [3.05, 3.63) is 77.9 Å². The van der Waals surface area contributed by atoms with Crippen LogP contribution in [0.1, 0.15) is 23.5 Å². The highest BCUT2D eigenvalue weighted by atomic mass is 14.4. The number of hydrogen-bond donors (Lipinski definition) is 0. The van der Waals surface area contributed by atoms with Crippen LogP contribution in [0.5, 0.6) is 0 Å². The van der Waals surface area contributed by atoms with Crippen LogP contribution in [0.3, 0.4) is 0 Å². The van der Waals surface area contributed by atoms with Gasteiger partial charge in [-0.3, -0.25) is 0 Å². The summed E-state index contributed by atoms with van der Waals surface area (Å²) in [6.07, 6.45) is 5.90. The smallest absolute Gasteiger partial charge is 0.00929 e. The first-order valence-corrected chi connectivity index (χ1v) is 6.22. The highest BCUT2D eigenvalue weighted by Crippen LogP contribution is 2.48. The molecule has 0 nitrogen and oxygen atoms in total. The summed E-state index contributed by atoms with van der Waals surface area (Å²) in [7, 11) is 0. The van der Waals surface area contributed by atoms with E-state index in [4.69, 9.17) is 0 Å². The van der Waals surface area contributed by atoms with Crippen molar-refractivity contribution in [2.45, 2.75) is 12.3 Å². The van der Waals surface area contributed by atoms with Gasteiger partial charge in [-0.05, 0) is 29.4 Å². The zero-order valence-electron chi connectivity index (χ0n) is 9.79. The van der Waals surface area contributed by atoms with E-state index >= 15 is 0 Å². The molecule has 84 valence electrons. The number of benzene rings is 2. The molecule has 0 saturated heterocycles. The lowest BCUT2D eigenvalue weighted by Crippen LogP contribution is -1.79. The number of allylic oxidation sites excluding steroid dienone is 1. The number of rotatable bonds is 3. The van der Waals surface area contributed by atoms with Crippen LogP contribution >= 0.6 is 0 Å². The van der Waals surface area contributed by atoms with Crippen molar-refractivity contribution in [2.75, 3.05) is 0 Å². The molecule has 2 aromatic rings. The Morgan fingerprint density at radius 2 is 1.47 bits per heavy atom. The normalized spacial score (nSPS) is 22.8. The second kappa shape index (κ2) is 4.58. The molecule has 0 heterocycles. The highest BCUT2D eigenvalue weighted by Gasteiger charge is 2.35. The second-order valence-corrected chi connectivity index (χ2v) is 4.69. The van der Waals surface area contributed by atoms with E-state index in [1.165, 1.54) is 17.5 Å². The van der Waals surface area contributed by atoms with Crippen LogP contribution in [0.25, 0.3) is 6.08 Å². The lowest BCUT2D eigenvalue weighted by atomic mass is 10.1. The molecule has 17 heavy (non-hydrogen) atoms. The van der Waals surface area contributed by atoms with Crippen molar-refractivity contribution < 1.29 is 0 Å². The Labute approximate surface area is 103 Å². The standard InChI is InChI=1S/C17H16/c1-3-7-14(8-4-1)11-12-16-13-17(16)15-9-5-2-6-10-15/h1-12,16-17H,13H2/b12-11+. The molecule has 0 aliphatic heterocycles. The van der Waals surface area contributed by atoms with Gasteiger partial charge in [-0.1, -0.05) is 72.8 Å². The molecule has 0 aromatic heterocycles. The zero-order chi connectivity index (χ0) is 11.5. The minimum atomic E-state index is 0.734. The van der Waals surface area contributed by atoms with Crippen LogP contribution in [-0.4, -0.2) is 0 Å². The van der Waals surface area contributed by atoms with E-state index in [1.807, 2.05) is 0 Å². The maximum absolute atomic E-state index is 2.35. The molecule has 1 aliphatic carbocycles. The van der Waals surface area contributed by atoms with Gasteiger partial charge >= 0.3 is 0 Å². The van der Waals surface area contributed by atoms with Gasteiger partial charge in [0.05, 0.1) is 0 Å². The first-order valence-electron chi connectivity index (χ1n) is 6.22. The van der Waals surface area contributed by atoms with E-state index in [9.17, 15) is 0 Å². The quantitative estimate of drug-likeness (QED) is 0.714. The fourth-order valence-electron chi connectivity index (χ4n) is 2.31. The second-order valence-electron chi connectivity index (χ2n) is 4.69. The number of hydrogen-bond acceptors (Lipinski definition) is 0. The Morgan fingerprint density at radius 3 is 2.18 bits per heavy atom. The first kappa shape index (κ1) is 10.3. The van der Waals surface area contributed by atoms with Crippen molar-refractivity contribution in [2.24, 2.45) is 5.92 Å². The molecule has 0 amide bonds. The van der Waals surface area contributed by atoms with E-state index in [1.54, 1.807) is 0 Å².